The van der Waals surface area contributed by atoms with Gasteiger partial charge in [0.1, 0.15) is 5.82 Å². The van der Waals surface area contributed by atoms with Crippen LogP contribution >= 0.6 is 0 Å². The summed E-state index contributed by atoms with van der Waals surface area (Å²) in [7, 11) is 0. The first kappa shape index (κ1) is 21.6. The molecule has 2 fully saturated rings. The Balaban J connectivity index is 1.46. The summed E-state index contributed by atoms with van der Waals surface area (Å²) in [5, 5.41) is 9.31. The Morgan fingerprint density at radius 3 is 2.97 bits per heavy atom. The van der Waals surface area contributed by atoms with Gasteiger partial charge in [-0.25, -0.2) is 19.3 Å². The minimum absolute atomic E-state index is 0.105. The molecular weight excluding hydrogens is 399 g/mol. The highest BCUT2D eigenvalue weighted by atomic mass is 19.1. The molecule has 0 aliphatic carbocycles. The highest BCUT2D eigenvalue weighted by molar-refractivity contribution is 5.92. The van der Waals surface area contributed by atoms with Gasteiger partial charge >= 0.3 is 0 Å². The first-order valence-corrected chi connectivity index (χ1v) is 10.8. The predicted molar refractivity (Wildman–Crippen MR) is 116 cm³/mol. The van der Waals surface area contributed by atoms with Crippen molar-refractivity contribution in [2.75, 3.05) is 43.5 Å². The van der Waals surface area contributed by atoms with Crippen LogP contribution in [0.25, 0.3) is 11.3 Å². The van der Waals surface area contributed by atoms with Crippen LogP contribution in [0, 0.1) is 17.2 Å². The molecule has 1 unspecified atom stereocenters. The van der Waals surface area contributed by atoms with Gasteiger partial charge in [0.15, 0.2) is 5.82 Å². The van der Waals surface area contributed by atoms with Crippen LogP contribution in [-0.4, -0.2) is 53.7 Å². The number of carbonyl (C=O) groups is 1. The van der Waals surface area contributed by atoms with Gasteiger partial charge < -0.3 is 20.7 Å². The molecule has 2 aromatic heterocycles. The number of rotatable bonds is 6. The van der Waals surface area contributed by atoms with E-state index in [-0.39, 0.29) is 22.8 Å². The molecule has 2 aliphatic rings. The first-order valence-electron chi connectivity index (χ1n) is 10.8. The monoisotopic (exact) mass is 428 g/mol. The summed E-state index contributed by atoms with van der Waals surface area (Å²) in [4.78, 5) is 25.3. The van der Waals surface area contributed by atoms with Crippen molar-refractivity contribution in [1.82, 2.24) is 20.3 Å². The van der Waals surface area contributed by atoms with Crippen LogP contribution in [0.2, 0.25) is 0 Å². The molecule has 1 amide bonds. The minimum Gasteiger partial charge on any atom is -0.381 e. The lowest BCUT2D eigenvalue weighted by Crippen LogP contribution is -2.37. The van der Waals surface area contributed by atoms with E-state index in [4.69, 9.17) is 4.74 Å². The fourth-order valence-electron chi connectivity index (χ4n) is 3.93. The van der Waals surface area contributed by atoms with Crippen LogP contribution in [0.5, 0.6) is 0 Å². The fraction of sp³-hybridized carbons (Fsp3) is 0.545. The molecule has 0 aromatic carbocycles. The molecule has 0 bridgehead atoms. The van der Waals surface area contributed by atoms with E-state index in [1.165, 1.54) is 6.07 Å². The van der Waals surface area contributed by atoms with Crippen molar-refractivity contribution in [2.24, 2.45) is 11.3 Å². The van der Waals surface area contributed by atoms with E-state index in [1.807, 2.05) is 0 Å². The van der Waals surface area contributed by atoms with Crippen molar-refractivity contribution in [3.8, 4) is 11.3 Å². The molecule has 0 spiro atoms. The normalized spacial score (nSPS) is 20.8. The Labute approximate surface area is 181 Å². The number of nitrogens with one attached hydrogen (secondary N) is 3. The second-order valence-corrected chi connectivity index (χ2v) is 8.62. The van der Waals surface area contributed by atoms with Crippen molar-refractivity contribution in [3.63, 3.8) is 0 Å². The number of hydrogen-bond acceptors (Lipinski definition) is 7. The van der Waals surface area contributed by atoms with Gasteiger partial charge in [-0.15, -0.1) is 0 Å². The number of halogens is 1. The van der Waals surface area contributed by atoms with E-state index in [0.717, 1.165) is 58.2 Å². The molecule has 3 N–H and O–H groups in total. The second-order valence-electron chi connectivity index (χ2n) is 8.62. The van der Waals surface area contributed by atoms with Crippen molar-refractivity contribution in [2.45, 2.75) is 32.6 Å². The molecule has 9 heteroatoms. The van der Waals surface area contributed by atoms with Gasteiger partial charge in [0.25, 0.3) is 0 Å². The number of aromatic nitrogens is 3. The topological polar surface area (TPSA) is 101 Å². The van der Waals surface area contributed by atoms with E-state index >= 15 is 0 Å². The molecule has 166 valence electrons. The summed E-state index contributed by atoms with van der Waals surface area (Å²) >= 11 is 0. The molecule has 8 nitrogen and oxygen atoms in total. The number of pyridine rings is 1. The SMILES string of the molecule is CC1(CNc2nccc(-c3cc(NC(=O)C4CCCNC4)ncc3F)n2)CCOCC1. The Hall–Kier alpha value is -2.65. The molecule has 1 atom stereocenters. The molecule has 2 saturated heterocycles. The number of ether oxygens (including phenoxy) is 1. The zero-order chi connectivity index (χ0) is 21.7. The molecule has 4 rings (SSSR count). The minimum atomic E-state index is -0.502. The number of anilines is 2. The van der Waals surface area contributed by atoms with Crippen molar-refractivity contribution >= 4 is 17.7 Å². The van der Waals surface area contributed by atoms with Gasteiger partial charge in [-0.2, -0.15) is 0 Å². The van der Waals surface area contributed by atoms with Gasteiger partial charge in [-0.3, -0.25) is 4.79 Å². The summed E-state index contributed by atoms with van der Waals surface area (Å²) in [6, 6.07) is 3.17. The average Bonchev–Trinajstić information content (AvgIpc) is 2.80. The van der Waals surface area contributed by atoms with Crippen LogP contribution in [0.4, 0.5) is 16.2 Å². The number of nitrogens with zero attached hydrogens (tertiary/aromatic N) is 3. The number of hydrogen-bond donors (Lipinski definition) is 3. The standard InChI is InChI=1S/C22H29FN6O2/c1-22(5-9-31-10-6-22)14-27-21-25-8-4-18(28-21)16-11-19(26-13-17(16)23)29-20(30)15-3-2-7-24-12-15/h4,8,11,13,15,24H,2-3,5-7,9-10,12,14H2,1H3,(H,25,27,28)(H,26,29,30). The first-order chi connectivity index (χ1) is 15.0. The average molecular weight is 429 g/mol. The number of amides is 1. The summed E-state index contributed by atoms with van der Waals surface area (Å²) in [6.07, 6.45) is 6.45. The van der Waals surface area contributed by atoms with E-state index < -0.39 is 5.82 Å². The lowest BCUT2D eigenvalue weighted by molar-refractivity contribution is -0.120. The Morgan fingerprint density at radius 2 is 2.19 bits per heavy atom. The van der Waals surface area contributed by atoms with Crippen LogP contribution in [-0.2, 0) is 9.53 Å². The third kappa shape index (κ3) is 5.54. The van der Waals surface area contributed by atoms with E-state index in [9.17, 15) is 9.18 Å². The van der Waals surface area contributed by atoms with Gasteiger partial charge in [-0.1, -0.05) is 6.92 Å². The molecule has 2 aromatic rings. The Bertz CT molecular complexity index is 913. The third-order valence-corrected chi connectivity index (χ3v) is 6.08. The van der Waals surface area contributed by atoms with Gasteiger partial charge in [-0.05, 0) is 49.8 Å². The van der Waals surface area contributed by atoms with Crippen LogP contribution in [0.1, 0.15) is 32.6 Å². The maximum atomic E-state index is 14.5. The highest BCUT2D eigenvalue weighted by Crippen LogP contribution is 2.30. The quantitative estimate of drug-likeness (QED) is 0.650. The van der Waals surface area contributed by atoms with Crippen molar-refractivity contribution < 1.29 is 13.9 Å². The smallest absolute Gasteiger partial charge is 0.229 e. The number of carbonyl (C=O) groups excluding carboxylic acids is 1. The summed E-state index contributed by atoms with van der Waals surface area (Å²) in [5.74, 6) is 0.0472. The van der Waals surface area contributed by atoms with E-state index in [0.29, 0.717) is 24.0 Å². The second kappa shape index (κ2) is 9.65. The molecular formula is C22H29FN6O2. The Kier molecular flexibility index (Phi) is 6.72. The zero-order valence-corrected chi connectivity index (χ0v) is 17.8. The predicted octanol–water partition coefficient (Wildman–Crippen LogP) is 2.84. The van der Waals surface area contributed by atoms with E-state index in [1.54, 1.807) is 12.3 Å². The zero-order valence-electron chi connectivity index (χ0n) is 17.8. The van der Waals surface area contributed by atoms with Crippen molar-refractivity contribution in [3.05, 3.63) is 30.3 Å². The fourth-order valence-corrected chi connectivity index (χ4v) is 3.93. The van der Waals surface area contributed by atoms with Crippen LogP contribution in [0.3, 0.4) is 0 Å². The van der Waals surface area contributed by atoms with Gasteiger partial charge in [0.05, 0.1) is 17.8 Å². The summed E-state index contributed by atoms with van der Waals surface area (Å²) < 4.78 is 20.0. The van der Waals surface area contributed by atoms with Gasteiger partial charge in [0.2, 0.25) is 11.9 Å². The Morgan fingerprint density at radius 1 is 1.35 bits per heavy atom. The maximum Gasteiger partial charge on any atom is 0.229 e. The third-order valence-electron chi connectivity index (χ3n) is 6.08. The highest BCUT2D eigenvalue weighted by Gasteiger charge is 2.27. The molecule has 0 saturated carbocycles. The molecule has 0 radical (unpaired) electrons. The summed E-state index contributed by atoms with van der Waals surface area (Å²) in [5.41, 5.74) is 0.824. The molecule has 31 heavy (non-hydrogen) atoms. The molecule has 2 aliphatic heterocycles. The van der Waals surface area contributed by atoms with Crippen molar-refractivity contribution in [1.29, 1.82) is 0 Å². The molecule has 4 heterocycles. The van der Waals surface area contributed by atoms with Crippen LogP contribution < -0.4 is 16.0 Å². The number of piperidine rings is 1. The lowest BCUT2D eigenvalue weighted by atomic mass is 9.82. The maximum absolute atomic E-state index is 14.5. The largest absolute Gasteiger partial charge is 0.381 e. The van der Waals surface area contributed by atoms with E-state index in [2.05, 4.69) is 37.8 Å². The lowest BCUT2D eigenvalue weighted by Gasteiger charge is -2.33. The summed E-state index contributed by atoms with van der Waals surface area (Å²) in [6.45, 7) is 6.02. The van der Waals surface area contributed by atoms with Crippen LogP contribution in [0.15, 0.2) is 24.5 Å². The van der Waals surface area contributed by atoms with Gasteiger partial charge in [0, 0.05) is 38.1 Å².